The zero-order valence-corrected chi connectivity index (χ0v) is 17.0. The minimum atomic E-state index is -1.23. The summed E-state index contributed by atoms with van der Waals surface area (Å²) in [7, 11) is 0. The maximum Gasteiger partial charge on any atom is 0.324 e. The highest BCUT2D eigenvalue weighted by molar-refractivity contribution is 6.04. The topological polar surface area (TPSA) is 72.8 Å². The first-order valence-electron chi connectivity index (χ1n) is 10.1. The zero-order valence-electron chi connectivity index (χ0n) is 17.0. The second-order valence-corrected chi connectivity index (χ2v) is 7.37. The van der Waals surface area contributed by atoms with Crippen LogP contribution in [-0.4, -0.2) is 35.9 Å². The molecular formula is C21H36O5. The van der Waals surface area contributed by atoms with Gasteiger partial charge in [-0.25, -0.2) is 0 Å². The van der Waals surface area contributed by atoms with Crippen LogP contribution in [0.2, 0.25) is 0 Å². The molecule has 0 aromatic carbocycles. The first kappa shape index (κ1) is 22.7. The van der Waals surface area contributed by atoms with Crippen molar-refractivity contribution in [1.82, 2.24) is 0 Å². The van der Waals surface area contributed by atoms with Crippen molar-refractivity contribution >= 4 is 11.9 Å². The van der Waals surface area contributed by atoms with Gasteiger partial charge in [-0.1, -0.05) is 52.2 Å². The van der Waals surface area contributed by atoms with Crippen LogP contribution >= 0.6 is 0 Å². The maximum atomic E-state index is 12.4. The van der Waals surface area contributed by atoms with Gasteiger partial charge in [0.15, 0.2) is 5.41 Å². The highest BCUT2D eigenvalue weighted by Crippen LogP contribution is 2.55. The van der Waals surface area contributed by atoms with Gasteiger partial charge in [0.05, 0.1) is 18.8 Å². The lowest BCUT2D eigenvalue weighted by Crippen LogP contribution is -2.35. The molecule has 150 valence electrons. The van der Waals surface area contributed by atoms with Crippen LogP contribution in [0.3, 0.4) is 0 Å². The van der Waals surface area contributed by atoms with Crippen molar-refractivity contribution in [3.8, 4) is 0 Å². The monoisotopic (exact) mass is 368 g/mol. The lowest BCUT2D eigenvalue weighted by molar-refractivity contribution is -0.164. The number of unbranched alkanes of at least 4 members (excludes halogenated alkanes) is 1. The van der Waals surface area contributed by atoms with Gasteiger partial charge in [-0.2, -0.15) is 0 Å². The van der Waals surface area contributed by atoms with E-state index in [9.17, 15) is 14.7 Å². The fraction of sp³-hybridized carbons (Fsp3) is 0.810. The van der Waals surface area contributed by atoms with E-state index in [0.29, 0.717) is 12.8 Å². The minimum absolute atomic E-state index is 0.122. The molecule has 1 aliphatic carbocycles. The summed E-state index contributed by atoms with van der Waals surface area (Å²) in [6, 6.07) is 0. The molecule has 0 aromatic heterocycles. The molecule has 0 aliphatic heterocycles. The quantitative estimate of drug-likeness (QED) is 0.320. The molecule has 1 N–H and O–H groups in total. The molecule has 26 heavy (non-hydrogen) atoms. The normalized spacial score (nSPS) is 21.8. The van der Waals surface area contributed by atoms with Gasteiger partial charge in [-0.15, -0.1) is 0 Å². The van der Waals surface area contributed by atoms with Gasteiger partial charge in [0.2, 0.25) is 0 Å². The molecule has 0 bridgehead atoms. The van der Waals surface area contributed by atoms with E-state index in [-0.39, 0.29) is 25.0 Å². The molecule has 1 rings (SSSR count). The van der Waals surface area contributed by atoms with Crippen LogP contribution in [0, 0.1) is 17.3 Å². The van der Waals surface area contributed by atoms with Crippen LogP contribution in [0.5, 0.6) is 0 Å². The van der Waals surface area contributed by atoms with Crippen LogP contribution < -0.4 is 0 Å². The largest absolute Gasteiger partial charge is 0.465 e. The average Bonchev–Trinajstić information content (AvgIpc) is 3.34. The van der Waals surface area contributed by atoms with E-state index in [1.165, 1.54) is 0 Å². The first-order chi connectivity index (χ1) is 12.3. The molecule has 0 radical (unpaired) electrons. The SMILES string of the molecule is CCCCC(C)C(O)(/C=C/C1CC1(C(=O)OCC)C(=O)OCC)CCC. The zero-order chi connectivity index (χ0) is 19.8. The van der Waals surface area contributed by atoms with E-state index >= 15 is 0 Å². The van der Waals surface area contributed by atoms with Crippen molar-refractivity contribution in [2.45, 2.75) is 78.7 Å². The Kier molecular flexibility index (Phi) is 8.81. The molecular weight excluding hydrogens is 332 g/mol. The Bertz CT molecular complexity index is 481. The van der Waals surface area contributed by atoms with E-state index in [1.54, 1.807) is 13.8 Å². The molecule has 1 aliphatic rings. The van der Waals surface area contributed by atoms with Gasteiger partial charge in [0.1, 0.15) is 0 Å². The lowest BCUT2D eigenvalue weighted by atomic mass is 9.81. The number of hydrogen-bond acceptors (Lipinski definition) is 5. The third-order valence-electron chi connectivity index (χ3n) is 5.41. The predicted molar refractivity (Wildman–Crippen MR) is 101 cm³/mol. The fourth-order valence-electron chi connectivity index (χ4n) is 3.53. The first-order valence-corrected chi connectivity index (χ1v) is 10.1. The van der Waals surface area contributed by atoms with Crippen LogP contribution in [0.1, 0.15) is 73.1 Å². The molecule has 0 heterocycles. The van der Waals surface area contributed by atoms with Crippen LogP contribution in [0.25, 0.3) is 0 Å². The predicted octanol–water partition coefficient (Wildman–Crippen LogP) is 4.03. The molecule has 1 fully saturated rings. The van der Waals surface area contributed by atoms with Gasteiger partial charge in [0.25, 0.3) is 0 Å². The number of rotatable bonds is 12. The van der Waals surface area contributed by atoms with Crippen molar-refractivity contribution in [3.63, 3.8) is 0 Å². The number of hydrogen-bond donors (Lipinski definition) is 1. The lowest BCUT2D eigenvalue weighted by Gasteiger charge is -2.31. The minimum Gasteiger partial charge on any atom is -0.465 e. The molecule has 3 atom stereocenters. The molecule has 1 saturated carbocycles. The van der Waals surface area contributed by atoms with Crippen molar-refractivity contribution in [3.05, 3.63) is 12.2 Å². The molecule has 0 spiro atoms. The molecule has 5 heteroatoms. The Morgan fingerprint density at radius 1 is 1.15 bits per heavy atom. The fourth-order valence-corrected chi connectivity index (χ4v) is 3.53. The summed E-state index contributed by atoms with van der Waals surface area (Å²) in [5.74, 6) is -1.20. The van der Waals surface area contributed by atoms with Gasteiger partial charge < -0.3 is 14.6 Å². The Morgan fingerprint density at radius 3 is 2.19 bits per heavy atom. The number of carbonyl (C=O) groups excluding carboxylic acids is 2. The summed E-state index contributed by atoms with van der Waals surface area (Å²) in [4.78, 5) is 24.7. The summed E-state index contributed by atoms with van der Waals surface area (Å²) < 4.78 is 10.2. The number of carbonyl (C=O) groups is 2. The highest BCUT2D eigenvalue weighted by Gasteiger charge is 2.67. The smallest absolute Gasteiger partial charge is 0.324 e. The van der Waals surface area contributed by atoms with Crippen molar-refractivity contribution < 1.29 is 24.2 Å². The summed E-state index contributed by atoms with van der Waals surface area (Å²) >= 11 is 0. The Balaban J connectivity index is 2.95. The van der Waals surface area contributed by atoms with Gasteiger partial charge >= 0.3 is 11.9 Å². The van der Waals surface area contributed by atoms with Crippen LogP contribution in [0.15, 0.2) is 12.2 Å². The molecule has 5 nitrogen and oxygen atoms in total. The van der Waals surface area contributed by atoms with Crippen molar-refractivity contribution in [1.29, 1.82) is 0 Å². The highest BCUT2D eigenvalue weighted by atomic mass is 16.6. The van der Waals surface area contributed by atoms with Crippen LogP contribution in [0.4, 0.5) is 0 Å². The second kappa shape index (κ2) is 10.1. The maximum absolute atomic E-state index is 12.4. The van der Waals surface area contributed by atoms with Gasteiger partial charge in [-0.3, -0.25) is 9.59 Å². The standard InChI is InChI=1S/C21H36O5/c1-6-10-11-16(5)20(24,13-7-2)14-12-17-15-21(17,18(22)25-8-3)19(23)26-9-4/h12,14,16-17,24H,6-11,13,15H2,1-5H3/b14-12+. The molecule has 0 saturated heterocycles. The van der Waals surface area contributed by atoms with Crippen LogP contribution in [-0.2, 0) is 19.1 Å². The Morgan fingerprint density at radius 2 is 1.73 bits per heavy atom. The third-order valence-corrected chi connectivity index (χ3v) is 5.41. The number of allylic oxidation sites excluding steroid dienone is 1. The van der Waals surface area contributed by atoms with E-state index < -0.39 is 23.0 Å². The van der Waals surface area contributed by atoms with Crippen molar-refractivity contribution in [2.75, 3.05) is 13.2 Å². The Hall–Kier alpha value is -1.36. The third kappa shape index (κ3) is 5.09. The molecule has 3 unspecified atom stereocenters. The van der Waals surface area contributed by atoms with Gasteiger partial charge in [-0.05, 0) is 39.0 Å². The summed E-state index contributed by atoms with van der Waals surface area (Å²) in [6.07, 6.45) is 8.65. The Labute approximate surface area is 158 Å². The number of aliphatic hydroxyl groups is 1. The van der Waals surface area contributed by atoms with E-state index in [1.807, 2.05) is 19.1 Å². The summed E-state index contributed by atoms with van der Waals surface area (Å²) in [5, 5.41) is 11.1. The van der Waals surface area contributed by atoms with Crippen molar-refractivity contribution in [2.24, 2.45) is 17.3 Å². The molecule has 0 aromatic rings. The second-order valence-electron chi connectivity index (χ2n) is 7.37. The van der Waals surface area contributed by atoms with Gasteiger partial charge in [0, 0.05) is 5.92 Å². The molecule has 0 amide bonds. The summed E-state index contributed by atoms with van der Waals surface area (Å²) in [5.41, 5.74) is -2.15. The summed E-state index contributed by atoms with van der Waals surface area (Å²) in [6.45, 7) is 10.1. The number of esters is 2. The number of ether oxygens (including phenoxy) is 2. The average molecular weight is 369 g/mol. The van der Waals surface area contributed by atoms with E-state index in [0.717, 1.165) is 25.7 Å². The van der Waals surface area contributed by atoms with E-state index in [4.69, 9.17) is 9.47 Å². The van der Waals surface area contributed by atoms with E-state index in [2.05, 4.69) is 13.8 Å².